The van der Waals surface area contributed by atoms with Gasteiger partial charge in [0.25, 0.3) is 0 Å². The lowest BCUT2D eigenvalue weighted by Crippen LogP contribution is -2.01. The van der Waals surface area contributed by atoms with Crippen molar-refractivity contribution in [3.8, 4) is 45.8 Å². The zero-order valence-electron chi connectivity index (χ0n) is 27.5. The number of hydrogen-bond acceptors (Lipinski definition) is 2. The van der Waals surface area contributed by atoms with Crippen LogP contribution in [0.1, 0.15) is 11.1 Å². The molecule has 7 aromatic carbocycles. The molecule has 2 aromatic heterocycles. The summed E-state index contributed by atoms with van der Waals surface area (Å²) in [6, 6.07) is 51.8. The SMILES string of the molecule is [C-]#[N+]c1cccc([N+]#[C-])c1-c1c2c3ccccc3n(-c3ccccc3)c2c(-c2c(C#N)cccc2C#N)c2c3ccccc3n(-c3ccccc3)c12. The van der Waals surface area contributed by atoms with E-state index in [1.165, 1.54) is 0 Å². The Morgan fingerprint density at radius 3 is 1.27 bits per heavy atom. The first-order valence-corrected chi connectivity index (χ1v) is 16.6. The molecule has 6 nitrogen and oxygen atoms in total. The molecule has 0 saturated carbocycles. The first kappa shape index (κ1) is 30.2. The molecule has 0 atom stereocenters. The topological polar surface area (TPSA) is 66.2 Å². The molecular formula is C46H24N6. The Hall–Kier alpha value is -7.90. The van der Waals surface area contributed by atoms with E-state index >= 15 is 0 Å². The van der Waals surface area contributed by atoms with Crippen LogP contribution in [-0.2, 0) is 0 Å². The van der Waals surface area contributed by atoms with E-state index in [2.05, 4.69) is 55.2 Å². The summed E-state index contributed by atoms with van der Waals surface area (Å²) in [7, 11) is 0. The van der Waals surface area contributed by atoms with Crippen molar-refractivity contribution in [1.82, 2.24) is 9.13 Å². The summed E-state index contributed by atoms with van der Waals surface area (Å²) >= 11 is 0. The Morgan fingerprint density at radius 2 is 0.827 bits per heavy atom. The molecule has 0 bridgehead atoms. The average molecular weight is 661 g/mol. The second kappa shape index (κ2) is 11.9. The minimum Gasteiger partial charge on any atom is -0.309 e. The number of para-hydroxylation sites is 4. The highest BCUT2D eigenvalue weighted by Crippen LogP contribution is 2.55. The molecule has 52 heavy (non-hydrogen) atoms. The van der Waals surface area contributed by atoms with Crippen LogP contribution in [0, 0.1) is 35.8 Å². The Labute approximate surface area is 299 Å². The summed E-state index contributed by atoms with van der Waals surface area (Å²) in [5.74, 6) is 0. The maximum absolute atomic E-state index is 10.7. The smallest absolute Gasteiger partial charge is 0.184 e. The van der Waals surface area contributed by atoms with Crippen molar-refractivity contribution in [2.75, 3.05) is 0 Å². The molecule has 0 unspecified atom stereocenters. The van der Waals surface area contributed by atoms with Gasteiger partial charge in [-0.1, -0.05) is 97.1 Å². The van der Waals surface area contributed by atoms with E-state index < -0.39 is 0 Å². The predicted molar refractivity (Wildman–Crippen MR) is 208 cm³/mol. The summed E-state index contributed by atoms with van der Waals surface area (Å²) < 4.78 is 4.40. The van der Waals surface area contributed by atoms with Gasteiger partial charge in [-0.15, -0.1) is 0 Å². The minimum atomic E-state index is 0.361. The fourth-order valence-corrected chi connectivity index (χ4v) is 7.85. The number of hydrogen-bond donors (Lipinski definition) is 0. The van der Waals surface area contributed by atoms with Gasteiger partial charge in [-0.2, -0.15) is 10.5 Å². The van der Waals surface area contributed by atoms with Crippen LogP contribution >= 0.6 is 0 Å². The normalized spacial score (nSPS) is 11.0. The average Bonchev–Trinajstić information content (AvgIpc) is 3.74. The molecule has 0 radical (unpaired) electrons. The third-order valence-electron chi connectivity index (χ3n) is 9.82. The van der Waals surface area contributed by atoms with Crippen LogP contribution in [0.3, 0.4) is 0 Å². The fourth-order valence-electron chi connectivity index (χ4n) is 7.85. The van der Waals surface area contributed by atoms with Crippen molar-refractivity contribution in [3.63, 3.8) is 0 Å². The van der Waals surface area contributed by atoms with Crippen LogP contribution in [0.4, 0.5) is 11.4 Å². The van der Waals surface area contributed by atoms with Crippen LogP contribution in [0.15, 0.2) is 146 Å². The second-order valence-corrected chi connectivity index (χ2v) is 12.4. The standard InChI is InChI=1S/C46H24N6/c1-49-35-23-14-24-36(50-2)42(35)44-41-34-22-10-12-26-38(34)51(31-17-5-3-6-18-31)45(41)43(39-29(27-47)15-13-16-30(39)28-48)40-33-21-9-11-25-37(33)52(46(40)44)32-19-7-4-8-20-32/h3-26H. The highest BCUT2D eigenvalue weighted by molar-refractivity contribution is 6.34. The molecular weight excluding hydrogens is 637 g/mol. The van der Waals surface area contributed by atoms with Gasteiger partial charge in [0, 0.05) is 44.0 Å². The maximum Gasteiger partial charge on any atom is 0.184 e. The quantitative estimate of drug-likeness (QED) is 0.176. The van der Waals surface area contributed by atoms with Crippen molar-refractivity contribution < 1.29 is 0 Å². The zero-order valence-corrected chi connectivity index (χ0v) is 27.5. The number of nitrogens with zero attached hydrogens (tertiary/aromatic N) is 6. The Balaban J connectivity index is 1.75. The molecule has 2 heterocycles. The summed E-state index contributed by atoms with van der Waals surface area (Å²) in [6.07, 6.45) is 0. The van der Waals surface area contributed by atoms with E-state index in [9.17, 15) is 10.5 Å². The molecule has 9 aromatic rings. The van der Waals surface area contributed by atoms with Crippen LogP contribution < -0.4 is 0 Å². The molecule has 9 rings (SSSR count). The van der Waals surface area contributed by atoms with Gasteiger partial charge < -0.3 is 9.13 Å². The Kier molecular flexibility index (Phi) is 6.91. The van der Waals surface area contributed by atoms with Gasteiger partial charge in [0.1, 0.15) is 0 Å². The number of nitriles is 2. The van der Waals surface area contributed by atoms with Gasteiger partial charge in [0.15, 0.2) is 11.4 Å². The lowest BCUT2D eigenvalue weighted by Gasteiger charge is -2.20. The number of benzene rings is 7. The van der Waals surface area contributed by atoms with Gasteiger partial charge in [-0.25, -0.2) is 9.69 Å². The molecule has 238 valence electrons. The van der Waals surface area contributed by atoms with Crippen molar-refractivity contribution in [2.45, 2.75) is 0 Å². The Morgan fingerprint density at radius 1 is 0.423 bits per heavy atom. The first-order valence-electron chi connectivity index (χ1n) is 16.6. The molecule has 0 amide bonds. The van der Waals surface area contributed by atoms with Gasteiger partial charge in [-0.3, -0.25) is 0 Å². The van der Waals surface area contributed by atoms with E-state index in [4.69, 9.17) is 13.1 Å². The Bertz CT molecular complexity index is 2820. The third kappa shape index (κ3) is 4.20. The highest BCUT2D eigenvalue weighted by Gasteiger charge is 2.32. The molecule has 6 heteroatoms. The van der Waals surface area contributed by atoms with Crippen LogP contribution in [0.25, 0.3) is 86.9 Å². The number of aromatic nitrogens is 2. The third-order valence-corrected chi connectivity index (χ3v) is 9.82. The first-order chi connectivity index (χ1) is 25.7. The molecule has 0 N–H and O–H groups in total. The largest absolute Gasteiger partial charge is 0.309 e. The van der Waals surface area contributed by atoms with Crippen LogP contribution in [-0.4, -0.2) is 9.13 Å². The molecule has 0 aliphatic rings. The van der Waals surface area contributed by atoms with Gasteiger partial charge >= 0.3 is 0 Å². The van der Waals surface area contributed by atoms with Gasteiger partial charge in [-0.05, 0) is 59.7 Å². The van der Waals surface area contributed by atoms with Gasteiger partial charge in [0.05, 0.1) is 58.5 Å². The maximum atomic E-state index is 10.7. The summed E-state index contributed by atoms with van der Waals surface area (Å²) in [4.78, 5) is 8.02. The van der Waals surface area contributed by atoms with Gasteiger partial charge in [0.2, 0.25) is 0 Å². The van der Waals surface area contributed by atoms with Crippen molar-refractivity contribution in [2.24, 2.45) is 0 Å². The molecule has 0 fully saturated rings. The minimum absolute atomic E-state index is 0.361. The summed E-state index contributed by atoms with van der Waals surface area (Å²) in [5.41, 5.74) is 9.19. The monoisotopic (exact) mass is 660 g/mol. The van der Waals surface area contributed by atoms with Crippen molar-refractivity contribution in [1.29, 1.82) is 10.5 Å². The highest BCUT2D eigenvalue weighted by atomic mass is 15.0. The number of rotatable bonds is 4. The second-order valence-electron chi connectivity index (χ2n) is 12.4. The number of fused-ring (bicyclic) bond motifs is 6. The molecule has 0 saturated heterocycles. The summed E-state index contributed by atoms with van der Waals surface area (Å²) in [5, 5.41) is 24.8. The van der Waals surface area contributed by atoms with Crippen LogP contribution in [0.5, 0.6) is 0 Å². The van der Waals surface area contributed by atoms with E-state index in [-0.39, 0.29) is 0 Å². The van der Waals surface area contributed by atoms with Crippen molar-refractivity contribution in [3.05, 3.63) is 180 Å². The zero-order chi connectivity index (χ0) is 35.3. The van der Waals surface area contributed by atoms with E-state index in [0.29, 0.717) is 33.6 Å². The predicted octanol–water partition coefficient (Wildman–Crippen LogP) is 12.1. The van der Waals surface area contributed by atoms with E-state index in [1.54, 1.807) is 36.4 Å². The van der Waals surface area contributed by atoms with E-state index in [0.717, 1.165) is 66.1 Å². The molecule has 0 spiro atoms. The molecule has 0 aliphatic carbocycles. The van der Waals surface area contributed by atoms with Crippen LogP contribution in [0.2, 0.25) is 0 Å². The lowest BCUT2D eigenvalue weighted by atomic mass is 9.86. The molecule has 0 aliphatic heterocycles. The van der Waals surface area contributed by atoms with E-state index in [1.807, 2.05) is 84.9 Å². The fraction of sp³-hybridized carbons (Fsp3) is 0. The summed E-state index contributed by atoms with van der Waals surface area (Å²) in [6.45, 7) is 16.7. The lowest BCUT2D eigenvalue weighted by molar-refractivity contribution is 1.17. The van der Waals surface area contributed by atoms with Crippen molar-refractivity contribution >= 4 is 55.0 Å².